The van der Waals surface area contributed by atoms with Gasteiger partial charge in [0.1, 0.15) is 0 Å². The Bertz CT molecular complexity index is 290. The van der Waals surface area contributed by atoms with Gasteiger partial charge in [0.15, 0.2) is 5.96 Å². The van der Waals surface area contributed by atoms with Crippen LogP contribution >= 0.6 is 24.0 Å². The second kappa shape index (κ2) is 13.4. The fourth-order valence-electron chi connectivity index (χ4n) is 2.84. The van der Waals surface area contributed by atoms with Crippen LogP contribution in [0.25, 0.3) is 0 Å². The smallest absolute Gasteiger partial charge is 0.191 e. The van der Waals surface area contributed by atoms with Gasteiger partial charge in [-0.2, -0.15) is 0 Å². The molecule has 1 aliphatic heterocycles. The van der Waals surface area contributed by atoms with Gasteiger partial charge in [-0.3, -0.25) is 9.89 Å². The third-order valence-electron chi connectivity index (χ3n) is 4.22. The van der Waals surface area contributed by atoms with E-state index in [1.165, 1.54) is 32.4 Å². The Kier molecular flexibility index (Phi) is 13.3. The van der Waals surface area contributed by atoms with E-state index < -0.39 is 0 Å². The van der Waals surface area contributed by atoms with Gasteiger partial charge in [-0.25, -0.2) is 0 Å². The Morgan fingerprint density at radius 2 is 1.77 bits per heavy atom. The van der Waals surface area contributed by atoms with E-state index in [9.17, 15) is 0 Å². The minimum atomic E-state index is 0. The molecule has 0 atom stereocenters. The number of nitrogens with zero attached hydrogens (tertiary/aromatic N) is 3. The molecule has 0 spiro atoms. The Balaban J connectivity index is 0.00000441. The molecule has 1 saturated heterocycles. The van der Waals surface area contributed by atoms with Gasteiger partial charge in [-0.1, -0.05) is 13.3 Å². The second-order valence-electron chi connectivity index (χ2n) is 6.05. The maximum absolute atomic E-state index is 4.30. The zero-order valence-corrected chi connectivity index (χ0v) is 17.2. The van der Waals surface area contributed by atoms with E-state index in [0.29, 0.717) is 6.04 Å². The number of nitrogens with one attached hydrogen (secondary N) is 2. The van der Waals surface area contributed by atoms with E-state index in [4.69, 9.17) is 0 Å². The Labute approximate surface area is 154 Å². The van der Waals surface area contributed by atoms with E-state index in [1.54, 1.807) is 0 Å². The number of hydrogen-bond donors (Lipinski definition) is 2. The highest BCUT2D eigenvalue weighted by atomic mass is 127. The third kappa shape index (κ3) is 9.15. The van der Waals surface area contributed by atoms with Crippen molar-refractivity contribution in [3.05, 3.63) is 0 Å². The SMILES string of the molecule is CCN(CCNC(=NC)NCCN1CCCCC1)C(C)C.I. The van der Waals surface area contributed by atoms with Crippen LogP contribution in [0.1, 0.15) is 40.0 Å². The van der Waals surface area contributed by atoms with E-state index >= 15 is 0 Å². The van der Waals surface area contributed by atoms with Crippen molar-refractivity contribution in [1.82, 2.24) is 20.4 Å². The summed E-state index contributed by atoms with van der Waals surface area (Å²) in [6, 6.07) is 0.603. The molecule has 1 aliphatic rings. The number of piperidine rings is 1. The maximum atomic E-state index is 4.30. The largest absolute Gasteiger partial charge is 0.355 e. The molecule has 2 N–H and O–H groups in total. The van der Waals surface area contributed by atoms with Crippen molar-refractivity contribution in [2.45, 2.75) is 46.1 Å². The molecule has 0 aromatic rings. The van der Waals surface area contributed by atoms with Gasteiger partial charge < -0.3 is 15.5 Å². The van der Waals surface area contributed by atoms with Crippen LogP contribution in [0.4, 0.5) is 0 Å². The van der Waals surface area contributed by atoms with E-state index in [1.807, 2.05) is 7.05 Å². The summed E-state index contributed by atoms with van der Waals surface area (Å²) < 4.78 is 0. The van der Waals surface area contributed by atoms with Gasteiger partial charge in [0, 0.05) is 39.3 Å². The van der Waals surface area contributed by atoms with Crippen LogP contribution in [0.15, 0.2) is 4.99 Å². The van der Waals surface area contributed by atoms with E-state index in [0.717, 1.165) is 38.7 Å². The molecule has 0 saturated carbocycles. The first-order chi connectivity index (χ1) is 10.2. The summed E-state index contributed by atoms with van der Waals surface area (Å²) in [6.45, 7) is 14.4. The van der Waals surface area contributed by atoms with Crippen molar-refractivity contribution in [2.24, 2.45) is 4.99 Å². The predicted octanol–water partition coefficient (Wildman–Crippen LogP) is 1.99. The van der Waals surface area contributed by atoms with Crippen LogP contribution in [0.2, 0.25) is 0 Å². The van der Waals surface area contributed by atoms with Gasteiger partial charge in [-0.05, 0) is 46.3 Å². The quantitative estimate of drug-likeness (QED) is 0.355. The molecule has 1 rings (SSSR count). The van der Waals surface area contributed by atoms with Gasteiger partial charge >= 0.3 is 0 Å². The zero-order valence-electron chi connectivity index (χ0n) is 14.9. The molecular weight excluding hydrogens is 389 g/mol. The van der Waals surface area contributed by atoms with Crippen LogP contribution in [0.3, 0.4) is 0 Å². The maximum Gasteiger partial charge on any atom is 0.191 e. The zero-order chi connectivity index (χ0) is 15.5. The van der Waals surface area contributed by atoms with Crippen LogP contribution in [-0.4, -0.2) is 74.7 Å². The molecule has 0 bridgehead atoms. The van der Waals surface area contributed by atoms with E-state index in [2.05, 4.69) is 46.2 Å². The Morgan fingerprint density at radius 3 is 2.32 bits per heavy atom. The summed E-state index contributed by atoms with van der Waals surface area (Å²) in [7, 11) is 1.84. The molecule has 22 heavy (non-hydrogen) atoms. The summed E-state index contributed by atoms with van der Waals surface area (Å²) in [5.41, 5.74) is 0. The van der Waals surface area contributed by atoms with Crippen molar-refractivity contribution in [3.63, 3.8) is 0 Å². The monoisotopic (exact) mass is 425 g/mol. The summed E-state index contributed by atoms with van der Waals surface area (Å²) in [5.74, 6) is 0.923. The number of rotatable bonds is 8. The molecule has 0 aromatic heterocycles. The lowest BCUT2D eigenvalue weighted by atomic mass is 10.1. The first kappa shape index (κ1) is 21.9. The lowest BCUT2D eigenvalue weighted by Gasteiger charge is -2.27. The first-order valence-corrected chi connectivity index (χ1v) is 8.58. The number of guanidine groups is 1. The number of likely N-dealkylation sites (N-methyl/N-ethyl adjacent to an activating group) is 1. The van der Waals surface area contributed by atoms with Gasteiger partial charge in [0.05, 0.1) is 0 Å². The highest BCUT2D eigenvalue weighted by molar-refractivity contribution is 14.0. The highest BCUT2D eigenvalue weighted by Gasteiger charge is 2.10. The molecular formula is C16H36IN5. The Morgan fingerprint density at radius 1 is 1.14 bits per heavy atom. The minimum Gasteiger partial charge on any atom is -0.355 e. The molecule has 5 nitrogen and oxygen atoms in total. The topological polar surface area (TPSA) is 42.9 Å². The highest BCUT2D eigenvalue weighted by Crippen LogP contribution is 2.07. The van der Waals surface area contributed by atoms with Crippen LogP contribution < -0.4 is 10.6 Å². The molecule has 0 radical (unpaired) electrons. The van der Waals surface area contributed by atoms with Crippen molar-refractivity contribution >= 4 is 29.9 Å². The van der Waals surface area contributed by atoms with Crippen molar-refractivity contribution < 1.29 is 0 Å². The molecule has 0 amide bonds. The summed E-state index contributed by atoms with van der Waals surface area (Å²) in [5, 5.41) is 6.82. The van der Waals surface area contributed by atoms with E-state index in [-0.39, 0.29) is 24.0 Å². The van der Waals surface area contributed by atoms with Crippen molar-refractivity contribution in [3.8, 4) is 0 Å². The van der Waals surface area contributed by atoms with Crippen LogP contribution in [0.5, 0.6) is 0 Å². The summed E-state index contributed by atoms with van der Waals surface area (Å²) in [4.78, 5) is 9.29. The molecule has 0 unspecified atom stereocenters. The molecule has 0 aliphatic carbocycles. The molecule has 1 heterocycles. The Hall–Kier alpha value is -0.0800. The predicted molar refractivity (Wildman–Crippen MR) is 107 cm³/mol. The summed E-state index contributed by atoms with van der Waals surface area (Å²) in [6.07, 6.45) is 4.11. The molecule has 0 aromatic carbocycles. The van der Waals surface area contributed by atoms with Crippen molar-refractivity contribution in [2.75, 3.05) is 52.9 Å². The molecule has 6 heteroatoms. The number of aliphatic imine (C=N–C) groups is 1. The van der Waals surface area contributed by atoms with Gasteiger partial charge in [-0.15, -0.1) is 24.0 Å². The standard InChI is InChI=1S/C16H35N5.HI/c1-5-21(15(2)3)14-10-19-16(17-4)18-9-13-20-11-7-6-8-12-20;/h15H,5-14H2,1-4H3,(H2,17,18,19);1H. The number of halogens is 1. The minimum absolute atomic E-state index is 0. The lowest BCUT2D eigenvalue weighted by molar-refractivity contribution is 0.231. The average molecular weight is 425 g/mol. The molecule has 1 fully saturated rings. The fourth-order valence-corrected chi connectivity index (χ4v) is 2.84. The normalized spacial score (nSPS) is 16.7. The van der Waals surface area contributed by atoms with Crippen molar-refractivity contribution in [1.29, 1.82) is 0 Å². The van der Waals surface area contributed by atoms with Crippen LogP contribution in [0, 0.1) is 0 Å². The van der Waals surface area contributed by atoms with Gasteiger partial charge in [0.25, 0.3) is 0 Å². The lowest BCUT2D eigenvalue weighted by Crippen LogP contribution is -2.45. The second-order valence-corrected chi connectivity index (χ2v) is 6.05. The molecule has 132 valence electrons. The third-order valence-corrected chi connectivity index (χ3v) is 4.22. The number of likely N-dealkylation sites (tertiary alicyclic amines) is 1. The summed E-state index contributed by atoms with van der Waals surface area (Å²) >= 11 is 0. The number of hydrogen-bond acceptors (Lipinski definition) is 3. The van der Waals surface area contributed by atoms with Gasteiger partial charge in [0.2, 0.25) is 0 Å². The average Bonchev–Trinajstić information content (AvgIpc) is 2.50. The van der Waals surface area contributed by atoms with Crippen LogP contribution in [-0.2, 0) is 0 Å². The first-order valence-electron chi connectivity index (χ1n) is 8.58. The fraction of sp³-hybridized carbons (Fsp3) is 0.938.